The third kappa shape index (κ3) is 2.97. The second-order valence-electron chi connectivity index (χ2n) is 7.15. The number of hydrogen-bond acceptors (Lipinski definition) is 3. The summed E-state index contributed by atoms with van der Waals surface area (Å²) in [5, 5.41) is 5.58. The molecule has 0 aromatic heterocycles. The van der Waals surface area contributed by atoms with Gasteiger partial charge in [-0.1, -0.05) is 20.8 Å². The van der Waals surface area contributed by atoms with Gasteiger partial charge in [-0.15, -0.1) is 0 Å². The van der Waals surface area contributed by atoms with Crippen LogP contribution in [0.3, 0.4) is 0 Å². The van der Waals surface area contributed by atoms with Gasteiger partial charge >= 0.3 is 0 Å². The molecule has 1 heterocycles. The van der Waals surface area contributed by atoms with Crippen LogP contribution in [0.25, 0.3) is 0 Å². The minimum Gasteiger partial charge on any atom is -0.381 e. The van der Waals surface area contributed by atoms with Crippen molar-refractivity contribution >= 4 is 11.8 Å². The fraction of sp³-hybridized carbons (Fsp3) is 0.867. The van der Waals surface area contributed by atoms with Crippen LogP contribution in [0.5, 0.6) is 0 Å². The predicted molar refractivity (Wildman–Crippen MR) is 76.0 cm³/mol. The molecule has 1 spiro atoms. The number of likely N-dealkylation sites (N-methyl/N-ethyl adjacent to an activating group) is 1. The summed E-state index contributed by atoms with van der Waals surface area (Å²) < 4.78 is 5.37. The molecule has 114 valence electrons. The van der Waals surface area contributed by atoms with Gasteiger partial charge < -0.3 is 15.4 Å². The molecule has 1 aliphatic heterocycles. The molecule has 2 atom stereocenters. The molecular weight excluding hydrogens is 256 g/mol. The summed E-state index contributed by atoms with van der Waals surface area (Å²) in [6, 6.07) is -0.488. The molecule has 5 heteroatoms. The van der Waals surface area contributed by atoms with E-state index in [2.05, 4.69) is 10.6 Å². The Morgan fingerprint density at radius 3 is 2.35 bits per heavy atom. The number of amides is 2. The van der Waals surface area contributed by atoms with Gasteiger partial charge in [-0.3, -0.25) is 9.59 Å². The summed E-state index contributed by atoms with van der Waals surface area (Å²) in [5.41, 5.74) is -0.152. The molecule has 0 aromatic carbocycles. The molecule has 2 rings (SSSR count). The molecule has 1 aliphatic carbocycles. The zero-order valence-electron chi connectivity index (χ0n) is 12.9. The van der Waals surface area contributed by atoms with Crippen molar-refractivity contribution in [2.24, 2.45) is 16.7 Å². The highest BCUT2D eigenvalue weighted by Crippen LogP contribution is 2.59. The summed E-state index contributed by atoms with van der Waals surface area (Å²) in [4.78, 5) is 24.4. The van der Waals surface area contributed by atoms with Gasteiger partial charge in [0.2, 0.25) is 11.8 Å². The summed E-state index contributed by atoms with van der Waals surface area (Å²) in [5.74, 6) is -0.0520. The van der Waals surface area contributed by atoms with Crippen molar-refractivity contribution in [1.29, 1.82) is 0 Å². The van der Waals surface area contributed by atoms with Crippen LogP contribution in [0.2, 0.25) is 0 Å². The second kappa shape index (κ2) is 5.35. The number of carbonyl (C=O) groups excluding carboxylic acids is 2. The average molecular weight is 282 g/mol. The molecule has 0 radical (unpaired) electrons. The molecule has 0 aromatic rings. The third-order valence-electron chi connectivity index (χ3n) is 4.66. The van der Waals surface area contributed by atoms with E-state index in [1.807, 2.05) is 20.8 Å². The van der Waals surface area contributed by atoms with Gasteiger partial charge in [-0.2, -0.15) is 0 Å². The van der Waals surface area contributed by atoms with Crippen molar-refractivity contribution in [2.45, 2.75) is 46.1 Å². The van der Waals surface area contributed by atoms with E-state index in [1.54, 1.807) is 7.05 Å². The smallest absolute Gasteiger partial charge is 0.242 e. The van der Waals surface area contributed by atoms with Gasteiger partial charge in [0.05, 0.1) is 0 Å². The van der Waals surface area contributed by atoms with E-state index in [1.165, 1.54) is 0 Å². The Bertz CT molecular complexity index is 394. The number of carbonyl (C=O) groups is 2. The van der Waals surface area contributed by atoms with Gasteiger partial charge in [0, 0.05) is 26.2 Å². The van der Waals surface area contributed by atoms with Crippen LogP contribution in [0.4, 0.5) is 0 Å². The topological polar surface area (TPSA) is 67.4 Å². The average Bonchev–Trinajstić information content (AvgIpc) is 3.08. The molecule has 2 fully saturated rings. The monoisotopic (exact) mass is 282 g/mol. The summed E-state index contributed by atoms with van der Waals surface area (Å²) >= 11 is 0. The van der Waals surface area contributed by atoms with E-state index in [-0.39, 0.29) is 28.6 Å². The predicted octanol–water partition coefficient (Wildman–Crippen LogP) is 1.08. The van der Waals surface area contributed by atoms with E-state index < -0.39 is 6.04 Å². The van der Waals surface area contributed by atoms with E-state index in [9.17, 15) is 9.59 Å². The van der Waals surface area contributed by atoms with Crippen LogP contribution < -0.4 is 10.6 Å². The summed E-state index contributed by atoms with van der Waals surface area (Å²) in [6.07, 6.45) is 2.86. The minimum atomic E-state index is -0.488. The Morgan fingerprint density at radius 1 is 1.25 bits per heavy atom. The van der Waals surface area contributed by atoms with Crippen LogP contribution >= 0.6 is 0 Å². The highest BCUT2D eigenvalue weighted by atomic mass is 16.5. The molecule has 2 unspecified atom stereocenters. The van der Waals surface area contributed by atoms with Crippen LogP contribution in [-0.4, -0.2) is 38.1 Å². The first-order valence-corrected chi connectivity index (χ1v) is 7.40. The largest absolute Gasteiger partial charge is 0.381 e. The highest BCUT2D eigenvalue weighted by Gasteiger charge is 2.58. The Hall–Kier alpha value is -1.10. The van der Waals surface area contributed by atoms with Crippen LogP contribution in [0.15, 0.2) is 0 Å². The minimum absolute atomic E-state index is 0.0235. The molecule has 1 saturated heterocycles. The molecule has 0 bridgehead atoms. The van der Waals surface area contributed by atoms with E-state index >= 15 is 0 Å². The normalized spacial score (nSPS) is 25.9. The van der Waals surface area contributed by atoms with Crippen LogP contribution in [0.1, 0.15) is 40.0 Å². The van der Waals surface area contributed by atoms with E-state index in [0.29, 0.717) is 0 Å². The molecule has 20 heavy (non-hydrogen) atoms. The number of nitrogens with one attached hydrogen (secondary N) is 2. The van der Waals surface area contributed by atoms with Crippen LogP contribution in [0, 0.1) is 16.7 Å². The van der Waals surface area contributed by atoms with Crippen molar-refractivity contribution < 1.29 is 14.3 Å². The summed E-state index contributed by atoms with van der Waals surface area (Å²) in [7, 11) is 1.60. The highest BCUT2D eigenvalue weighted by molar-refractivity contribution is 5.90. The summed E-state index contributed by atoms with van der Waals surface area (Å²) in [6.45, 7) is 7.39. The zero-order valence-corrected chi connectivity index (χ0v) is 12.9. The number of hydrogen-bond donors (Lipinski definition) is 2. The van der Waals surface area contributed by atoms with Gasteiger partial charge in [0.25, 0.3) is 0 Å². The van der Waals surface area contributed by atoms with Crippen LogP contribution in [-0.2, 0) is 14.3 Å². The molecule has 5 nitrogen and oxygen atoms in total. The van der Waals surface area contributed by atoms with Gasteiger partial charge in [0.15, 0.2) is 0 Å². The first-order valence-electron chi connectivity index (χ1n) is 7.40. The molecule has 2 aliphatic rings. The third-order valence-corrected chi connectivity index (χ3v) is 4.66. The van der Waals surface area contributed by atoms with Gasteiger partial charge in [-0.25, -0.2) is 0 Å². The Kier molecular flexibility index (Phi) is 4.09. The van der Waals surface area contributed by atoms with E-state index in [0.717, 1.165) is 32.5 Å². The van der Waals surface area contributed by atoms with Gasteiger partial charge in [0.1, 0.15) is 6.04 Å². The molecule has 1 saturated carbocycles. The van der Waals surface area contributed by atoms with Crippen molar-refractivity contribution in [3.8, 4) is 0 Å². The first-order chi connectivity index (χ1) is 9.30. The lowest BCUT2D eigenvalue weighted by Gasteiger charge is -2.30. The molecular formula is C15H26N2O3. The SMILES string of the molecule is CNC(=O)C(NC(=O)C1CC12CCOCC2)C(C)(C)C. The Labute approximate surface area is 120 Å². The lowest BCUT2D eigenvalue weighted by molar-refractivity contribution is -0.132. The lowest BCUT2D eigenvalue weighted by Crippen LogP contribution is -2.53. The molecule has 2 amide bonds. The maximum Gasteiger partial charge on any atom is 0.242 e. The Morgan fingerprint density at radius 2 is 1.85 bits per heavy atom. The lowest BCUT2D eigenvalue weighted by atomic mass is 9.85. The fourth-order valence-corrected chi connectivity index (χ4v) is 3.11. The van der Waals surface area contributed by atoms with Crippen molar-refractivity contribution in [3.05, 3.63) is 0 Å². The fourth-order valence-electron chi connectivity index (χ4n) is 3.11. The number of ether oxygens (including phenoxy) is 1. The zero-order chi connectivity index (χ0) is 15.0. The van der Waals surface area contributed by atoms with Crippen molar-refractivity contribution in [3.63, 3.8) is 0 Å². The number of rotatable bonds is 3. The van der Waals surface area contributed by atoms with Crippen molar-refractivity contribution in [1.82, 2.24) is 10.6 Å². The first kappa shape index (κ1) is 15.3. The quantitative estimate of drug-likeness (QED) is 0.814. The Balaban J connectivity index is 1.98. The van der Waals surface area contributed by atoms with Gasteiger partial charge in [-0.05, 0) is 30.1 Å². The second-order valence-corrected chi connectivity index (χ2v) is 7.15. The standard InChI is InChI=1S/C15H26N2O3/c1-14(2,3)11(13(19)16-4)17-12(18)10-9-15(10)5-7-20-8-6-15/h10-11H,5-9H2,1-4H3,(H,16,19)(H,17,18). The van der Waals surface area contributed by atoms with Crippen molar-refractivity contribution in [2.75, 3.05) is 20.3 Å². The maximum atomic E-state index is 12.4. The molecule has 2 N–H and O–H groups in total. The van der Waals surface area contributed by atoms with E-state index in [4.69, 9.17) is 4.74 Å². The maximum absolute atomic E-state index is 12.4.